The maximum Gasteiger partial charge on any atom is 0.391 e. The van der Waals surface area contributed by atoms with Gasteiger partial charge in [-0.05, 0) is 36.8 Å². The van der Waals surface area contributed by atoms with Crippen molar-refractivity contribution in [2.24, 2.45) is 0 Å². The van der Waals surface area contributed by atoms with Crippen LogP contribution in [0.25, 0.3) is 22.0 Å². The molecule has 0 aliphatic rings. The Hall–Kier alpha value is -4.12. The number of aliphatic hydroxyl groups is 1. The highest BCUT2D eigenvalue weighted by molar-refractivity contribution is 6.03. The number of hydrogen-bond donors (Lipinski definition) is 3. The molecule has 0 saturated carbocycles. The van der Waals surface area contributed by atoms with Crippen LogP contribution in [0.1, 0.15) is 34.3 Å². The molecule has 0 bridgehead atoms. The van der Waals surface area contributed by atoms with Crippen LogP contribution in [0.5, 0.6) is 0 Å². The number of halogens is 3. The van der Waals surface area contributed by atoms with Crippen molar-refractivity contribution in [3.63, 3.8) is 0 Å². The summed E-state index contributed by atoms with van der Waals surface area (Å²) in [5.41, 5.74) is 3.15. The quantitative estimate of drug-likeness (QED) is 0.366. The molecule has 8 nitrogen and oxygen atoms in total. The third-order valence-corrected chi connectivity index (χ3v) is 5.30. The molecule has 0 aromatic carbocycles. The van der Waals surface area contributed by atoms with Crippen molar-refractivity contribution in [1.29, 1.82) is 0 Å². The third-order valence-electron chi connectivity index (χ3n) is 5.30. The van der Waals surface area contributed by atoms with Gasteiger partial charge < -0.3 is 15.7 Å². The van der Waals surface area contributed by atoms with E-state index < -0.39 is 24.6 Å². The van der Waals surface area contributed by atoms with Gasteiger partial charge in [0, 0.05) is 53.9 Å². The number of nitrogens with zero attached hydrogens (tertiary/aromatic N) is 4. The minimum absolute atomic E-state index is 0.0533. The first-order valence-corrected chi connectivity index (χ1v) is 10.6. The van der Waals surface area contributed by atoms with E-state index in [1.165, 1.54) is 18.5 Å². The topological polar surface area (TPSA) is 113 Å². The normalized spacial score (nSPS) is 12.4. The first kappa shape index (κ1) is 24.0. The van der Waals surface area contributed by atoms with E-state index in [0.717, 1.165) is 28.1 Å². The number of alkyl halides is 3. The summed E-state index contributed by atoms with van der Waals surface area (Å²) >= 11 is 0. The Morgan fingerprint density at radius 2 is 1.86 bits per heavy atom. The summed E-state index contributed by atoms with van der Waals surface area (Å²) in [7, 11) is 1.77. The average molecular weight is 482 g/mol. The van der Waals surface area contributed by atoms with Gasteiger partial charge in [-0.25, -0.2) is 4.98 Å². The Kier molecular flexibility index (Phi) is 6.61. The van der Waals surface area contributed by atoms with Crippen LogP contribution in [0.15, 0.2) is 55.1 Å². The molecule has 1 unspecified atom stereocenters. The summed E-state index contributed by atoms with van der Waals surface area (Å²) in [4.78, 5) is 29.8. The van der Waals surface area contributed by atoms with Gasteiger partial charge in [-0.3, -0.25) is 19.7 Å². The maximum absolute atomic E-state index is 12.7. The lowest BCUT2D eigenvalue weighted by Gasteiger charge is -2.14. The Balaban J connectivity index is 1.57. The molecule has 1 amide bonds. The van der Waals surface area contributed by atoms with Crippen LogP contribution < -0.4 is 10.6 Å². The van der Waals surface area contributed by atoms with Crippen LogP contribution >= 0.6 is 0 Å². The molecule has 35 heavy (non-hydrogen) atoms. The molecular weight excluding hydrogens is 461 g/mol. The van der Waals surface area contributed by atoms with Crippen LogP contribution in [0.3, 0.4) is 0 Å². The van der Waals surface area contributed by atoms with Gasteiger partial charge in [-0.15, -0.1) is 0 Å². The van der Waals surface area contributed by atoms with Gasteiger partial charge in [0.25, 0.3) is 5.91 Å². The number of pyridine rings is 4. The zero-order valence-corrected chi connectivity index (χ0v) is 18.8. The highest BCUT2D eigenvalue weighted by atomic mass is 19.4. The van der Waals surface area contributed by atoms with E-state index in [2.05, 4.69) is 30.6 Å². The molecule has 0 fully saturated rings. The molecule has 0 aliphatic heterocycles. The van der Waals surface area contributed by atoms with Crippen molar-refractivity contribution < 1.29 is 23.1 Å². The molecule has 0 radical (unpaired) electrons. The van der Waals surface area contributed by atoms with Crippen molar-refractivity contribution in [2.45, 2.75) is 25.6 Å². The highest BCUT2D eigenvalue weighted by Crippen LogP contribution is 2.30. The van der Waals surface area contributed by atoms with Crippen molar-refractivity contribution in [1.82, 2.24) is 19.9 Å². The summed E-state index contributed by atoms with van der Waals surface area (Å²) in [5, 5.41) is 16.3. The van der Waals surface area contributed by atoms with Gasteiger partial charge in [0.1, 0.15) is 11.5 Å². The van der Waals surface area contributed by atoms with Crippen molar-refractivity contribution in [3.8, 4) is 11.1 Å². The van der Waals surface area contributed by atoms with Gasteiger partial charge in [-0.2, -0.15) is 13.2 Å². The van der Waals surface area contributed by atoms with Crippen LogP contribution in [-0.4, -0.2) is 44.2 Å². The number of rotatable bonds is 6. The van der Waals surface area contributed by atoms with Crippen LogP contribution in [-0.2, 0) is 0 Å². The monoisotopic (exact) mass is 482 g/mol. The van der Waals surface area contributed by atoms with Gasteiger partial charge in [0.2, 0.25) is 0 Å². The van der Waals surface area contributed by atoms with Gasteiger partial charge in [0.15, 0.2) is 0 Å². The smallest absolute Gasteiger partial charge is 0.388 e. The lowest BCUT2D eigenvalue weighted by molar-refractivity contribution is -0.154. The lowest BCUT2D eigenvalue weighted by atomic mass is 10.0. The number of carbonyl (C=O) groups excluding carboxylic acids is 1. The second-order valence-electron chi connectivity index (χ2n) is 7.86. The van der Waals surface area contributed by atoms with E-state index in [1.54, 1.807) is 25.5 Å². The summed E-state index contributed by atoms with van der Waals surface area (Å²) in [6.45, 7) is 1.82. The molecule has 180 valence electrons. The van der Waals surface area contributed by atoms with Crippen molar-refractivity contribution in [2.75, 3.05) is 17.7 Å². The van der Waals surface area contributed by atoms with E-state index in [0.29, 0.717) is 17.2 Å². The minimum atomic E-state index is -4.54. The predicted octanol–water partition coefficient (Wildman–Crippen LogP) is 4.68. The Bertz CT molecular complexity index is 1390. The fraction of sp³-hybridized carbons (Fsp3) is 0.208. The van der Waals surface area contributed by atoms with E-state index in [-0.39, 0.29) is 11.3 Å². The number of aliphatic hydroxyl groups excluding tert-OH is 1. The lowest BCUT2D eigenvalue weighted by Crippen LogP contribution is -2.16. The summed E-state index contributed by atoms with van der Waals surface area (Å²) in [6.07, 6.45) is -1.71. The average Bonchev–Trinajstić information content (AvgIpc) is 2.83. The number of aromatic nitrogens is 4. The summed E-state index contributed by atoms with van der Waals surface area (Å²) < 4.78 is 37.8. The van der Waals surface area contributed by atoms with Gasteiger partial charge in [-0.1, -0.05) is 0 Å². The minimum Gasteiger partial charge on any atom is -0.388 e. The molecule has 4 aromatic heterocycles. The molecule has 0 aliphatic carbocycles. The second kappa shape index (κ2) is 9.63. The number of fused-ring (bicyclic) bond motifs is 1. The molecule has 0 saturated heterocycles. The molecule has 4 heterocycles. The number of amides is 1. The molecule has 0 spiro atoms. The Morgan fingerprint density at radius 1 is 1.06 bits per heavy atom. The van der Waals surface area contributed by atoms with E-state index >= 15 is 0 Å². The summed E-state index contributed by atoms with van der Waals surface area (Å²) in [6, 6.07) is 7.83. The standard InChI is InChI=1S/C24H21F3N6O2/c1-13-18(15-5-16-11-32-22(28-2)8-19(16)31-10-15)7-17(12-30-13)33-23(35)20-6-14(3-4-29-20)21(34)9-24(25,26)27/h3-8,10-12,21,34H,9H2,1-2H3,(H,28,32)(H,33,35). The second-order valence-corrected chi connectivity index (χ2v) is 7.86. The van der Waals surface area contributed by atoms with Crippen LogP contribution in [0.2, 0.25) is 0 Å². The van der Waals surface area contributed by atoms with Crippen LogP contribution in [0.4, 0.5) is 24.7 Å². The fourth-order valence-electron chi connectivity index (χ4n) is 3.51. The van der Waals surface area contributed by atoms with Crippen LogP contribution in [0, 0.1) is 6.92 Å². The van der Waals surface area contributed by atoms with Gasteiger partial charge >= 0.3 is 6.18 Å². The largest absolute Gasteiger partial charge is 0.391 e. The molecule has 11 heteroatoms. The first-order valence-electron chi connectivity index (χ1n) is 10.6. The SMILES string of the molecule is CNc1cc2ncc(-c3cc(NC(=O)c4cc(C(O)CC(F)(F)F)ccn4)cnc3C)cc2cn1. The fourth-order valence-corrected chi connectivity index (χ4v) is 3.51. The zero-order valence-electron chi connectivity index (χ0n) is 18.8. The molecular formula is C24H21F3N6O2. The third kappa shape index (κ3) is 5.69. The predicted molar refractivity (Wildman–Crippen MR) is 125 cm³/mol. The Labute approximate surface area is 198 Å². The highest BCUT2D eigenvalue weighted by Gasteiger charge is 2.32. The number of nitrogens with one attached hydrogen (secondary N) is 2. The van der Waals surface area contributed by atoms with Crippen molar-refractivity contribution in [3.05, 3.63) is 72.1 Å². The first-order chi connectivity index (χ1) is 16.6. The number of hydrogen-bond acceptors (Lipinski definition) is 7. The zero-order chi connectivity index (χ0) is 25.2. The molecule has 1 atom stereocenters. The number of carbonyl (C=O) groups is 1. The van der Waals surface area contributed by atoms with E-state index in [1.807, 2.05) is 19.1 Å². The number of aryl methyl sites for hydroxylation is 1. The number of anilines is 2. The molecule has 4 aromatic rings. The van der Waals surface area contributed by atoms with E-state index in [4.69, 9.17) is 0 Å². The maximum atomic E-state index is 12.7. The molecule has 3 N–H and O–H groups in total. The van der Waals surface area contributed by atoms with E-state index in [9.17, 15) is 23.1 Å². The Morgan fingerprint density at radius 3 is 2.60 bits per heavy atom. The van der Waals surface area contributed by atoms with Gasteiger partial charge in [0.05, 0.1) is 29.9 Å². The van der Waals surface area contributed by atoms with Crippen molar-refractivity contribution >= 4 is 28.3 Å². The summed E-state index contributed by atoms with van der Waals surface area (Å²) in [5.74, 6) is 0.0482. The molecule has 4 rings (SSSR count).